The molecule has 0 radical (unpaired) electrons. The molecule has 0 aliphatic heterocycles. The van der Waals surface area contributed by atoms with Crippen LogP contribution in [0.5, 0.6) is 0 Å². The Labute approximate surface area is 99.2 Å². The summed E-state index contributed by atoms with van der Waals surface area (Å²) in [5.74, 6) is 0.619. The first-order valence-electron chi connectivity index (χ1n) is 6.65. The van der Waals surface area contributed by atoms with Crippen molar-refractivity contribution in [2.24, 2.45) is 17.1 Å². The summed E-state index contributed by atoms with van der Waals surface area (Å²) in [5.41, 5.74) is 5.29. The van der Waals surface area contributed by atoms with Crippen molar-refractivity contribution in [1.82, 2.24) is 5.32 Å². The zero-order valence-electron chi connectivity index (χ0n) is 10.7. The van der Waals surface area contributed by atoms with Crippen LogP contribution in [-0.4, -0.2) is 19.0 Å². The van der Waals surface area contributed by atoms with E-state index in [4.69, 9.17) is 5.73 Å². The average molecular weight is 226 g/mol. The minimum atomic E-state index is -0.244. The molecule has 0 aromatic rings. The van der Waals surface area contributed by atoms with Crippen LogP contribution < -0.4 is 11.1 Å². The lowest BCUT2D eigenvalue weighted by Gasteiger charge is -2.26. The van der Waals surface area contributed by atoms with E-state index in [0.717, 1.165) is 44.7 Å². The first-order valence-corrected chi connectivity index (χ1v) is 6.65. The highest BCUT2D eigenvalue weighted by Crippen LogP contribution is 2.37. The normalized spacial score (nSPS) is 19.2. The molecule has 3 heteroatoms. The molecule has 0 spiro atoms. The van der Waals surface area contributed by atoms with Gasteiger partial charge in [-0.1, -0.05) is 39.5 Å². The summed E-state index contributed by atoms with van der Waals surface area (Å²) in [4.78, 5) is 11.5. The summed E-state index contributed by atoms with van der Waals surface area (Å²) in [6.07, 6.45) is 6.64. The highest BCUT2D eigenvalue weighted by molar-refractivity contribution is 5.81. The Bertz CT molecular complexity index is 218. The summed E-state index contributed by atoms with van der Waals surface area (Å²) in [6, 6.07) is 0. The van der Waals surface area contributed by atoms with Crippen molar-refractivity contribution in [3.8, 4) is 0 Å². The van der Waals surface area contributed by atoms with Gasteiger partial charge in [0.15, 0.2) is 0 Å². The van der Waals surface area contributed by atoms with Crippen molar-refractivity contribution < 1.29 is 4.79 Å². The summed E-state index contributed by atoms with van der Waals surface area (Å²) in [5, 5.41) is 3.45. The summed E-state index contributed by atoms with van der Waals surface area (Å²) < 4.78 is 0. The highest BCUT2D eigenvalue weighted by Gasteiger charge is 2.38. The van der Waals surface area contributed by atoms with Crippen LogP contribution in [-0.2, 0) is 4.79 Å². The number of carbonyl (C=O) groups is 1. The van der Waals surface area contributed by atoms with Crippen molar-refractivity contribution in [3.05, 3.63) is 0 Å². The van der Waals surface area contributed by atoms with Gasteiger partial charge in [0.1, 0.15) is 0 Å². The first-order chi connectivity index (χ1) is 7.64. The van der Waals surface area contributed by atoms with Gasteiger partial charge >= 0.3 is 0 Å². The molecular formula is C13H26N2O. The van der Waals surface area contributed by atoms with Crippen LogP contribution in [0.1, 0.15) is 52.4 Å². The zero-order valence-corrected chi connectivity index (χ0v) is 10.7. The monoisotopic (exact) mass is 226 g/mol. The predicted molar refractivity (Wildman–Crippen MR) is 67.0 cm³/mol. The predicted octanol–water partition coefficient (Wildman–Crippen LogP) is 2.06. The van der Waals surface area contributed by atoms with E-state index in [9.17, 15) is 4.79 Å². The van der Waals surface area contributed by atoms with Gasteiger partial charge in [0, 0.05) is 6.54 Å². The molecule has 3 N–H and O–H groups in total. The number of primary amides is 1. The molecule has 16 heavy (non-hydrogen) atoms. The molecule has 0 unspecified atom stereocenters. The van der Waals surface area contributed by atoms with E-state index in [-0.39, 0.29) is 11.3 Å². The lowest BCUT2D eigenvalue weighted by molar-refractivity contribution is -0.127. The SMILES string of the molecule is CCC(CC)CNCC1(C(N)=O)CCCC1. The number of nitrogens with one attached hydrogen (secondary N) is 1. The summed E-state index contributed by atoms with van der Waals surface area (Å²) >= 11 is 0. The molecule has 1 rings (SSSR count). The van der Waals surface area contributed by atoms with Crippen molar-refractivity contribution in [1.29, 1.82) is 0 Å². The second-order valence-electron chi connectivity index (χ2n) is 5.17. The van der Waals surface area contributed by atoms with Gasteiger partial charge in [0.05, 0.1) is 5.41 Å². The van der Waals surface area contributed by atoms with Crippen LogP contribution in [0.2, 0.25) is 0 Å². The van der Waals surface area contributed by atoms with Crippen LogP contribution in [0.25, 0.3) is 0 Å². The first kappa shape index (κ1) is 13.5. The van der Waals surface area contributed by atoms with Crippen molar-refractivity contribution in [3.63, 3.8) is 0 Å². The van der Waals surface area contributed by atoms with E-state index < -0.39 is 0 Å². The van der Waals surface area contributed by atoms with Gasteiger partial charge in [-0.3, -0.25) is 4.79 Å². The quantitative estimate of drug-likeness (QED) is 0.698. The third kappa shape index (κ3) is 3.21. The molecular weight excluding hydrogens is 200 g/mol. The third-order valence-corrected chi connectivity index (χ3v) is 4.13. The molecule has 3 nitrogen and oxygen atoms in total. The summed E-state index contributed by atoms with van der Waals surface area (Å²) in [7, 11) is 0. The minimum Gasteiger partial charge on any atom is -0.369 e. The molecule has 94 valence electrons. The standard InChI is InChI=1S/C13H26N2O/c1-3-11(4-2)9-15-10-13(12(14)16)7-5-6-8-13/h11,15H,3-10H2,1-2H3,(H2,14,16). The summed E-state index contributed by atoms with van der Waals surface area (Å²) in [6.45, 7) is 6.23. The lowest BCUT2D eigenvalue weighted by atomic mass is 9.85. The molecule has 0 heterocycles. The molecule has 1 amide bonds. The Morgan fingerprint density at radius 1 is 1.31 bits per heavy atom. The van der Waals surface area contributed by atoms with Crippen LogP contribution in [0, 0.1) is 11.3 Å². The molecule has 1 saturated carbocycles. The number of rotatable bonds is 7. The second kappa shape index (κ2) is 6.24. The molecule has 0 aromatic carbocycles. The van der Waals surface area contributed by atoms with Gasteiger partial charge in [-0.05, 0) is 25.3 Å². The molecule has 0 aromatic heterocycles. The molecule has 0 atom stereocenters. The smallest absolute Gasteiger partial charge is 0.224 e. The Kier molecular flexibility index (Phi) is 5.26. The molecule has 1 fully saturated rings. The lowest BCUT2D eigenvalue weighted by Crippen LogP contribution is -2.44. The van der Waals surface area contributed by atoms with Crippen LogP contribution >= 0.6 is 0 Å². The zero-order chi connectivity index (χ0) is 12.0. The van der Waals surface area contributed by atoms with Gasteiger partial charge < -0.3 is 11.1 Å². The van der Waals surface area contributed by atoms with E-state index in [1.54, 1.807) is 0 Å². The largest absolute Gasteiger partial charge is 0.369 e. The van der Waals surface area contributed by atoms with Crippen LogP contribution in [0.15, 0.2) is 0 Å². The van der Waals surface area contributed by atoms with E-state index >= 15 is 0 Å². The molecule has 0 saturated heterocycles. The van der Waals surface area contributed by atoms with Crippen molar-refractivity contribution >= 4 is 5.91 Å². The highest BCUT2D eigenvalue weighted by atomic mass is 16.1. The number of hydrogen-bond donors (Lipinski definition) is 2. The molecule has 0 bridgehead atoms. The van der Waals surface area contributed by atoms with E-state index in [1.807, 2.05) is 0 Å². The Hall–Kier alpha value is -0.570. The van der Waals surface area contributed by atoms with Gasteiger partial charge in [0.25, 0.3) is 0 Å². The van der Waals surface area contributed by atoms with E-state index in [1.165, 1.54) is 12.8 Å². The maximum Gasteiger partial charge on any atom is 0.224 e. The Morgan fingerprint density at radius 2 is 1.88 bits per heavy atom. The number of nitrogens with two attached hydrogens (primary N) is 1. The van der Waals surface area contributed by atoms with Crippen molar-refractivity contribution in [2.45, 2.75) is 52.4 Å². The fourth-order valence-electron chi connectivity index (χ4n) is 2.65. The van der Waals surface area contributed by atoms with Gasteiger partial charge in [0.2, 0.25) is 5.91 Å². The van der Waals surface area contributed by atoms with Crippen LogP contribution in [0.3, 0.4) is 0 Å². The minimum absolute atomic E-state index is 0.109. The van der Waals surface area contributed by atoms with Gasteiger partial charge in [-0.15, -0.1) is 0 Å². The topological polar surface area (TPSA) is 55.1 Å². The fourth-order valence-corrected chi connectivity index (χ4v) is 2.65. The molecule has 1 aliphatic rings. The number of hydrogen-bond acceptors (Lipinski definition) is 2. The molecule has 1 aliphatic carbocycles. The Balaban J connectivity index is 2.36. The maximum absolute atomic E-state index is 11.5. The van der Waals surface area contributed by atoms with Gasteiger partial charge in [-0.25, -0.2) is 0 Å². The average Bonchev–Trinajstić information content (AvgIpc) is 2.74. The number of carbonyl (C=O) groups excluding carboxylic acids is 1. The fraction of sp³-hybridized carbons (Fsp3) is 0.923. The maximum atomic E-state index is 11.5. The number of amides is 1. The van der Waals surface area contributed by atoms with E-state index in [0.29, 0.717) is 0 Å². The van der Waals surface area contributed by atoms with E-state index in [2.05, 4.69) is 19.2 Å². The third-order valence-electron chi connectivity index (χ3n) is 4.13. The van der Waals surface area contributed by atoms with Crippen LogP contribution in [0.4, 0.5) is 0 Å². The van der Waals surface area contributed by atoms with Crippen molar-refractivity contribution in [2.75, 3.05) is 13.1 Å². The Morgan fingerprint density at radius 3 is 2.31 bits per heavy atom. The van der Waals surface area contributed by atoms with Gasteiger partial charge in [-0.2, -0.15) is 0 Å². The second-order valence-corrected chi connectivity index (χ2v) is 5.17.